The minimum absolute atomic E-state index is 0.210. The van der Waals surface area contributed by atoms with Crippen LogP contribution in [-0.2, 0) is 4.79 Å². The highest BCUT2D eigenvalue weighted by Gasteiger charge is 2.24. The van der Waals surface area contributed by atoms with E-state index in [1.165, 1.54) is 6.42 Å². The lowest BCUT2D eigenvalue weighted by Gasteiger charge is -2.24. The SMILES string of the molecule is CCN(CC)C(N)=NCCCNC(=O)C1CCC1. The van der Waals surface area contributed by atoms with Crippen molar-refractivity contribution in [2.24, 2.45) is 16.6 Å². The molecule has 1 fully saturated rings. The average molecular weight is 254 g/mol. The van der Waals surface area contributed by atoms with Crippen molar-refractivity contribution in [2.75, 3.05) is 26.2 Å². The Morgan fingerprint density at radius 2 is 2.06 bits per heavy atom. The van der Waals surface area contributed by atoms with Crippen LogP contribution in [0.1, 0.15) is 39.5 Å². The number of amides is 1. The number of hydrogen-bond acceptors (Lipinski definition) is 2. The minimum Gasteiger partial charge on any atom is -0.370 e. The van der Waals surface area contributed by atoms with E-state index in [9.17, 15) is 4.79 Å². The Hall–Kier alpha value is -1.26. The molecule has 3 N–H and O–H groups in total. The lowest BCUT2D eigenvalue weighted by atomic mass is 9.85. The molecule has 18 heavy (non-hydrogen) atoms. The largest absolute Gasteiger partial charge is 0.370 e. The highest BCUT2D eigenvalue weighted by Crippen LogP contribution is 2.25. The number of carbonyl (C=O) groups is 1. The molecule has 0 spiro atoms. The third-order valence-electron chi connectivity index (χ3n) is 3.47. The van der Waals surface area contributed by atoms with Crippen LogP contribution in [0.2, 0.25) is 0 Å². The molecule has 1 rings (SSSR count). The van der Waals surface area contributed by atoms with Gasteiger partial charge in [-0.25, -0.2) is 0 Å². The minimum atomic E-state index is 0.210. The Kier molecular flexibility index (Phi) is 6.54. The second kappa shape index (κ2) is 7.95. The molecule has 0 heterocycles. The molecule has 5 nitrogen and oxygen atoms in total. The maximum absolute atomic E-state index is 11.5. The first-order valence-corrected chi connectivity index (χ1v) is 7.01. The van der Waals surface area contributed by atoms with Gasteiger partial charge in [-0.3, -0.25) is 9.79 Å². The molecule has 5 heteroatoms. The van der Waals surface area contributed by atoms with Crippen LogP contribution < -0.4 is 11.1 Å². The van der Waals surface area contributed by atoms with Gasteiger partial charge >= 0.3 is 0 Å². The first kappa shape index (κ1) is 14.8. The summed E-state index contributed by atoms with van der Waals surface area (Å²) in [6.45, 7) is 7.25. The summed E-state index contributed by atoms with van der Waals surface area (Å²) >= 11 is 0. The van der Waals surface area contributed by atoms with Crippen molar-refractivity contribution in [3.05, 3.63) is 0 Å². The molecule has 0 aromatic heterocycles. The summed E-state index contributed by atoms with van der Waals surface area (Å²) in [5.41, 5.74) is 5.85. The topological polar surface area (TPSA) is 70.7 Å². The van der Waals surface area contributed by atoms with Gasteiger partial charge in [0.15, 0.2) is 5.96 Å². The van der Waals surface area contributed by atoms with Crippen LogP contribution in [0, 0.1) is 5.92 Å². The molecule has 0 unspecified atom stereocenters. The highest BCUT2D eigenvalue weighted by atomic mass is 16.1. The van der Waals surface area contributed by atoms with Crippen LogP contribution in [0.5, 0.6) is 0 Å². The summed E-state index contributed by atoms with van der Waals surface area (Å²) in [4.78, 5) is 17.9. The first-order chi connectivity index (χ1) is 8.69. The van der Waals surface area contributed by atoms with Crippen LogP contribution in [-0.4, -0.2) is 42.9 Å². The number of guanidine groups is 1. The summed E-state index contributed by atoms with van der Waals surface area (Å²) in [6, 6.07) is 0. The number of nitrogens with one attached hydrogen (secondary N) is 1. The maximum atomic E-state index is 11.5. The van der Waals surface area contributed by atoms with Crippen LogP contribution in [0.25, 0.3) is 0 Å². The van der Waals surface area contributed by atoms with E-state index in [-0.39, 0.29) is 11.8 Å². The van der Waals surface area contributed by atoms with E-state index in [4.69, 9.17) is 5.73 Å². The molecule has 1 aliphatic carbocycles. The number of nitrogens with two attached hydrogens (primary N) is 1. The molecule has 0 aromatic rings. The van der Waals surface area contributed by atoms with Gasteiger partial charge < -0.3 is 16.0 Å². The summed E-state index contributed by atoms with van der Waals surface area (Å²) in [5.74, 6) is 1.08. The molecular weight excluding hydrogens is 228 g/mol. The van der Waals surface area contributed by atoms with E-state index >= 15 is 0 Å². The smallest absolute Gasteiger partial charge is 0.223 e. The fourth-order valence-electron chi connectivity index (χ4n) is 1.95. The lowest BCUT2D eigenvalue weighted by Crippen LogP contribution is -2.37. The molecule has 1 aliphatic rings. The van der Waals surface area contributed by atoms with Gasteiger partial charge in [0.25, 0.3) is 0 Å². The van der Waals surface area contributed by atoms with E-state index in [1.54, 1.807) is 0 Å². The third kappa shape index (κ3) is 4.55. The van der Waals surface area contributed by atoms with Crippen LogP contribution in [0.4, 0.5) is 0 Å². The number of carbonyl (C=O) groups excluding carboxylic acids is 1. The Balaban J connectivity index is 2.09. The zero-order valence-electron chi connectivity index (χ0n) is 11.6. The molecule has 0 atom stereocenters. The molecule has 1 amide bonds. The second-order valence-corrected chi connectivity index (χ2v) is 4.68. The maximum Gasteiger partial charge on any atom is 0.223 e. The fraction of sp³-hybridized carbons (Fsp3) is 0.846. The van der Waals surface area contributed by atoms with E-state index in [0.717, 1.165) is 32.4 Å². The third-order valence-corrected chi connectivity index (χ3v) is 3.47. The van der Waals surface area contributed by atoms with Gasteiger partial charge in [-0.05, 0) is 33.1 Å². The van der Waals surface area contributed by atoms with Crippen molar-refractivity contribution in [3.8, 4) is 0 Å². The molecular formula is C13H26N4O. The summed E-state index contributed by atoms with van der Waals surface area (Å²) in [6.07, 6.45) is 4.15. The molecule has 1 saturated carbocycles. The van der Waals surface area contributed by atoms with E-state index < -0.39 is 0 Å². The zero-order valence-corrected chi connectivity index (χ0v) is 11.6. The van der Waals surface area contributed by atoms with Crippen LogP contribution >= 0.6 is 0 Å². The molecule has 0 saturated heterocycles. The predicted molar refractivity (Wildman–Crippen MR) is 74.4 cm³/mol. The van der Waals surface area contributed by atoms with Crippen molar-refractivity contribution in [1.82, 2.24) is 10.2 Å². The standard InChI is InChI=1S/C13H26N4O/c1-3-17(4-2)13(14)16-10-6-9-15-12(18)11-7-5-8-11/h11H,3-10H2,1-2H3,(H2,14,16)(H,15,18). The van der Waals surface area contributed by atoms with Crippen LogP contribution in [0.15, 0.2) is 4.99 Å². The Morgan fingerprint density at radius 3 is 2.56 bits per heavy atom. The van der Waals surface area contributed by atoms with Gasteiger partial charge in [0, 0.05) is 32.1 Å². The summed E-state index contributed by atoms with van der Waals surface area (Å²) in [5, 5.41) is 2.95. The quantitative estimate of drug-likeness (QED) is 0.404. The van der Waals surface area contributed by atoms with E-state index in [2.05, 4.69) is 24.2 Å². The van der Waals surface area contributed by atoms with E-state index in [1.807, 2.05) is 4.90 Å². The molecule has 0 aromatic carbocycles. The number of nitrogens with zero attached hydrogens (tertiary/aromatic N) is 2. The van der Waals surface area contributed by atoms with Crippen molar-refractivity contribution < 1.29 is 4.79 Å². The lowest BCUT2D eigenvalue weighted by molar-refractivity contribution is -0.127. The number of hydrogen-bond donors (Lipinski definition) is 2. The predicted octanol–water partition coefficient (Wildman–Crippen LogP) is 0.949. The highest BCUT2D eigenvalue weighted by molar-refractivity contribution is 5.79. The molecule has 104 valence electrons. The fourth-order valence-corrected chi connectivity index (χ4v) is 1.95. The number of aliphatic imine (C=N–C) groups is 1. The van der Waals surface area contributed by atoms with Gasteiger partial charge in [-0.15, -0.1) is 0 Å². The Morgan fingerprint density at radius 1 is 1.39 bits per heavy atom. The van der Waals surface area contributed by atoms with Crippen molar-refractivity contribution >= 4 is 11.9 Å². The summed E-state index contributed by atoms with van der Waals surface area (Å²) in [7, 11) is 0. The Bertz CT molecular complexity index is 283. The van der Waals surface area contributed by atoms with Gasteiger partial charge in [-0.2, -0.15) is 0 Å². The summed E-state index contributed by atoms with van der Waals surface area (Å²) < 4.78 is 0. The zero-order chi connectivity index (χ0) is 13.4. The van der Waals surface area contributed by atoms with Gasteiger partial charge in [0.05, 0.1) is 0 Å². The van der Waals surface area contributed by atoms with Crippen molar-refractivity contribution in [3.63, 3.8) is 0 Å². The molecule has 0 bridgehead atoms. The second-order valence-electron chi connectivity index (χ2n) is 4.68. The van der Waals surface area contributed by atoms with Crippen molar-refractivity contribution in [2.45, 2.75) is 39.5 Å². The van der Waals surface area contributed by atoms with Gasteiger partial charge in [-0.1, -0.05) is 6.42 Å². The normalized spacial score (nSPS) is 16.2. The average Bonchev–Trinajstić information content (AvgIpc) is 2.27. The van der Waals surface area contributed by atoms with Crippen molar-refractivity contribution in [1.29, 1.82) is 0 Å². The van der Waals surface area contributed by atoms with Crippen LogP contribution in [0.3, 0.4) is 0 Å². The van der Waals surface area contributed by atoms with Gasteiger partial charge in [0.2, 0.25) is 5.91 Å². The first-order valence-electron chi connectivity index (χ1n) is 7.01. The molecule has 0 aliphatic heterocycles. The monoisotopic (exact) mass is 254 g/mol. The Labute approximate surface area is 110 Å². The number of rotatable bonds is 7. The molecule has 0 radical (unpaired) electrons. The van der Waals surface area contributed by atoms with E-state index in [0.29, 0.717) is 19.0 Å². The van der Waals surface area contributed by atoms with Gasteiger partial charge in [0.1, 0.15) is 0 Å².